The van der Waals surface area contributed by atoms with E-state index in [9.17, 15) is 9.18 Å². The second kappa shape index (κ2) is 5.01. The highest BCUT2D eigenvalue weighted by atomic mass is 19.1. The van der Waals surface area contributed by atoms with Crippen molar-refractivity contribution in [3.05, 3.63) is 41.9 Å². The van der Waals surface area contributed by atoms with E-state index in [0.717, 1.165) is 30.9 Å². The fourth-order valence-corrected chi connectivity index (χ4v) is 2.50. The van der Waals surface area contributed by atoms with Gasteiger partial charge in [-0.1, -0.05) is 6.08 Å². The Kier molecular flexibility index (Phi) is 3.21. The number of amides is 2. The molecule has 0 atom stereocenters. The van der Waals surface area contributed by atoms with Gasteiger partial charge in [0.15, 0.2) is 0 Å². The van der Waals surface area contributed by atoms with E-state index in [-0.39, 0.29) is 11.8 Å². The number of hydrogen-bond acceptors (Lipinski definition) is 2. The predicted molar refractivity (Wildman–Crippen MR) is 71.4 cm³/mol. The summed E-state index contributed by atoms with van der Waals surface area (Å²) in [4.78, 5) is 15.9. The normalized spacial score (nSPS) is 19.8. The number of urea groups is 1. The van der Waals surface area contributed by atoms with E-state index in [4.69, 9.17) is 0 Å². The second-order valence-corrected chi connectivity index (χ2v) is 4.72. The van der Waals surface area contributed by atoms with Gasteiger partial charge in [-0.3, -0.25) is 9.80 Å². The summed E-state index contributed by atoms with van der Waals surface area (Å²) in [5.41, 5.74) is 1.79. The molecule has 0 aliphatic carbocycles. The molecule has 0 spiro atoms. The first-order valence-corrected chi connectivity index (χ1v) is 6.50. The molecule has 19 heavy (non-hydrogen) atoms. The van der Waals surface area contributed by atoms with Gasteiger partial charge >= 0.3 is 6.03 Å². The fourth-order valence-electron chi connectivity index (χ4n) is 2.50. The third-order valence-electron chi connectivity index (χ3n) is 3.50. The largest absolute Gasteiger partial charge is 0.328 e. The van der Waals surface area contributed by atoms with Crippen LogP contribution >= 0.6 is 0 Å². The average molecular weight is 261 g/mol. The Bertz CT molecular complexity index is 512. The molecule has 4 nitrogen and oxygen atoms in total. The number of anilines is 1. The van der Waals surface area contributed by atoms with Crippen molar-refractivity contribution >= 4 is 11.7 Å². The van der Waals surface area contributed by atoms with Crippen molar-refractivity contribution in [1.29, 1.82) is 0 Å². The third kappa shape index (κ3) is 2.33. The Morgan fingerprint density at radius 2 is 1.84 bits per heavy atom. The summed E-state index contributed by atoms with van der Waals surface area (Å²) in [6.07, 6.45) is 3.07. The molecule has 2 aliphatic heterocycles. The van der Waals surface area contributed by atoms with E-state index in [1.54, 1.807) is 21.9 Å². The van der Waals surface area contributed by atoms with E-state index >= 15 is 0 Å². The average Bonchev–Trinajstić information content (AvgIpc) is 2.83. The predicted octanol–water partition coefficient (Wildman–Crippen LogP) is 1.94. The molecule has 2 heterocycles. The van der Waals surface area contributed by atoms with Crippen LogP contribution in [0.15, 0.2) is 36.0 Å². The molecular weight excluding hydrogens is 245 g/mol. The van der Waals surface area contributed by atoms with E-state index in [1.165, 1.54) is 12.1 Å². The van der Waals surface area contributed by atoms with Crippen LogP contribution in [0, 0.1) is 5.82 Å². The molecule has 2 amide bonds. The van der Waals surface area contributed by atoms with Crippen molar-refractivity contribution in [3.63, 3.8) is 0 Å². The first-order valence-electron chi connectivity index (χ1n) is 6.50. The molecule has 1 N–H and O–H groups in total. The zero-order valence-corrected chi connectivity index (χ0v) is 10.6. The highest BCUT2D eigenvalue weighted by Gasteiger charge is 2.31. The Morgan fingerprint density at radius 1 is 1.11 bits per heavy atom. The summed E-state index contributed by atoms with van der Waals surface area (Å²) < 4.78 is 12.9. The summed E-state index contributed by atoms with van der Waals surface area (Å²) in [5.74, 6) is -0.286. The molecule has 0 bridgehead atoms. The van der Waals surface area contributed by atoms with Crippen LogP contribution in [0.5, 0.6) is 0 Å². The van der Waals surface area contributed by atoms with Crippen molar-refractivity contribution in [2.24, 2.45) is 0 Å². The van der Waals surface area contributed by atoms with E-state index in [0.29, 0.717) is 13.1 Å². The van der Waals surface area contributed by atoms with Gasteiger partial charge in [0.2, 0.25) is 0 Å². The third-order valence-corrected chi connectivity index (χ3v) is 3.50. The lowest BCUT2D eigenvalue weighted by Crippen LogP contribution is -2.36. The lowest BCUT2D eigenvalue weighted by atomic mass is 10.2. The maximum atomic E-state index is 12.9. The van der Waals surface area contributed by atoms with Crippen molar-refractivity contribution in [1.82, 2.24) is 10.2 Å². The summed E-state index contributed by atoms with van der Waals surface area (Å²) in [5, 5.41) is 3.26. The minimum Gasteiger partial charge on any atom is -0.311 e. The molecule has 0 radical (unpaired) electrons. The lowest BCUT2D eigenvalue weighted by Gasteiger charge is -2.24. The molecule has 0 saturated carbocycles. The molecule has 5 heteroatoms. The quantitative estimate of drug-likeness (QED) is 0.883. The molecule has 2 aliphatic rings. The van der Waals surface area contributed by atoms with Crippen molar-refractivity contribution in [2.45, 2.75) is 6.42 Å². The number of carbonyl (C=O) groups excluding carboxylic acids is 1. The van der Waals surface area contributed by atoms with Crippen LogP contribution in [-0.4, -0.2) is 37.1 Å². The SMILES string of the molecule is O=C1N(C2=CCCNC2)CCN1c1ccc(F)cc1. The Morgan fingerprint density at radius 3 is 2.53 bits per heavy atom. The van der Waals surface area contributed by atoms with Gasteiger partial charge in [0.05, 0.1) is 0 Å². The van der Waals surface area contributed by atoms with Crippen LogP contribution in [0.25, 0.3) is 0 Å². The maximum absolute atomic E-state index is 12.9. The Balaban J connectivity index is 1.78. The van der Waals surface area contributed by atoms with Crippen LogP contribution in [0.2, 0.25) is 0 Å². The number of carbonyl (C=O) groups is 1. The Labute approximate surface area is 111 Å². The van der Waals surface area contributed by atoms with Crippen LogP contribution in [0.3, 0.4) is 0 Å². The van der Waals surface area contributed by atoms with E-state index < -0.39 is 0 Å². The standard InChI is InChI=1S/C14H16FN3O/c15-11-3-5-12(6-4-11)17-8-9-18(14(17)19)13-2-1-7-16-10-13/h2-6,16H,1,7-10H2. The molecule has 100 valence electrons. The summed E-state index contributed by atoms with van der Waals surface area (Å²) in [6, 6.07) is 6.02. The van der Waals surface area contributed by atoms with Gasteiger partial charge in [0.25, 0.3) is 0 Å². The van der Waals surface area contributed by atoms with Gasteiger partial charge in [0, 0.05) is 31.0 Å². The van der Waals surface area contributed by atoms with E-state index in [1.807, 2.05) is 0 Å². The number of hydrogen-bond donors (Lipinski definition) is 1. The molecule has 3 rings (SSSR count). The van der Waals surface area contributed by atoms with Crippen molar-refractivity contribution < 1.29 is 9.18 Å². The van der Waals surface area contributed by atoms with Gasteiger partial charge in [-0.2, -0.15) is 0 Å². The Hall–Kier alpha value is -1.88. The number of benzene rings is 1. The second-order valence-electron chi connectivity index (χ2n) is 4.72. The number of nitrogens with one attached hydrogen (secondary N) is 1. The van der Waals surface area contributed by atoms with Crippen LogP contribution < -0.4 is 10.2 Å². The topological polar surface area (TPSA) is 35.6 Å². The summed E-state index contributed by atoms with van der Waals surface area (Å²) >= 11 is 0. The van der Waals surface area contributed by atoms with Gasteiger partial charge in [-0.05, 0) is 37.2 Å². The number of halogens is 1. The first-order chi connectivity index (χ1) is 9.25. The number of nitrogens with zero attached hydrogens (tertiary/aromatic N) is 2. The minimum absolute atomic E-state index is 0.0263. The maximum Gasteiger partial charge on any atom is 0.328 e. The molecule has 1 fully saturated rings. The van der Waals surface area contributed by atoms with Crippen molar-refractivity contribution in [2.75, 3.05) is 31.1 Å². The summed E-state index contributed by atoms with van der Waals surface area (Å²) in [6.45, 7) is 3.03. The monoisotopic (exact) mass is 261 g/mol. The fraction of sp³-hybridized carbons (Fsp3) is 0.357. The molecule has 0 unspecified atom stereocenters. The van der Waals surface area contributed by atoms with Gasteiger partial charge in [0.1, 0.15) is 5.82 Å². The van der Waals surface area contributed by atoms with Crippen LogP contribution in [-0.2, 0) is 0 Å². The molecular formula is C14H16FN3O. The highest BCUT2D eigenvalue weighted by Crippen LogP contribution is 2.23. The summed E-state index contributed by atoms with van der Waals surface area (Å²) in [7, 11) is 0. The molecule has 1 aromatic carbocycles. The first kappa shape index (κ1) is 12.2. The highest BCUT2D eigenvalue weighted by molar-refractivity contribution is 5.95. The van der Waals surface area contributed by atoms with Crippen LogP contribution in [0.4, 0.5) is 14.9 Å². The molecule has 0 aromatic heterocycles. The molecule has 1 aromatic rings. The molecule has 1 saturated heterocycles. The van der Waals surface area contributed by atoms with Gasteiger partial charge < -0.3 is 5.32 Å². The lowest BCUT2D eigenvalue weighted by molar-refractivity contribution is 0.229. The smallest absolute Gasteiger partial charge is 0.311 e. The van der Waals surface area contributed by atoms with Crippen molar-refractivity contribution in [3.8, 4) is 0 Å². The zero-order chi connectivity index (χ0) is 13.2. The van der Waals surface area contributed by atoms with Gasteiger partial charge in [-0.25, -0.2) is 9.18 Å². The number of rotatable bonds is 2. The van der Waals surface area contributed by atoms with Gasteiger partial charge in [-0.15, -0.1) is 0 Å². The van der Waals surface area contributed by atoms with E-state index in [2.05, 4.69) is 11.4 Å². The minimum atomic E-state index is -0.286. The van der Waals surface area contributed by atoms with Crippen LogP contribution in [0.1, 0.15) is 6.42 Å². The zero-order valence-electron chi connectivity index (χ0n) is 10.6.